The van der Waals surface area contributed by atoms with Gasteiger partial charge in [0, 0.05) is 35.8 Å². The molecule has 0 amide bonds. The van der Waals surface area contributed by atoms with Gasteiger partial charge in [0.05, 0.1) is 17.8 Å². The second-order valence-electron chi connectivity index (χ2n) is 8.53. The summed E-state index contributed by atoms with van der Waals surface area (Å²) < 4.78 is 21.8. The van der Waals surface area contributed by atoms with Gasteiger partial charge in [-0.2, -0.15) is 0 Å². The van der Waals surface area contributed by atoms with E-state index in [1.807, 2.05) is 26.8 Å². The highest BCUT2D eigenvalue weighted by Gasteiger charge is 2.14. The lowest BCUT2D eigenvalue weighted by atomic mass is 10.1. The summed E-state index contributed by atoms with van der Waals surface area (Å²) in [5.41, 5.74) is 4.37. The highest BCUT2D eigenvalue weighted by Crippen LogP contribution is 2.28. The number of halogens is 1. The van der Waals surface area contributed by atoms with Gasteiger partial charge >= 0.3 is 5.97 Å². The van der Waals surface area contributed by atoms with Crippen LogP contribution in [0.5, 0.6) is 5.75 Å². The highest BCUT2D eigenvalue weighted by molar-refractivity contribution is 5.92. The van der Waals surface area contributed by atoms with E-state index in [4.69, 9.17) is 4.74 Å². The van der Waals surface area contributed by atoms with E-state index in [2.05, 4.69) is 25.9 Å². The van der Waals surface area contributed by atoms with Crippen molar-refractivity contribution in [2.75, 3.05) is 18.5 Å². The Balaban J connectivity index is 1.50. The Morgan fingerprint density at radius 1 is 1.14 bits per heavy atom. The predicted molar refractivity (Wildman–Crippen MR) is 135 cm³/mol. The van der Waals surface area contributed by atoms with Crippen LogP contribution in [0.3, 0.4) is 0 Å². The molecule has 0 aliphatic carbocycles. The second kappa shape index (κ2) is 10.5. The molecule has 2 aromatic heterocycles. The van der Waals surface area contributed by atoms with Crippen molar-refractivity contribution in [2.45, 2.75) is 40.2 Å². The molecule has 0 fully saturated rings. The van der Waals surface area contributed by atoms with Gasteiger partial charge in [0.15, 0.2) is 0 Å². The number of anilines is 1. The fraction of sp³-hybridized carbons (Fsp3) is 0.296. The van der Waals surface area contributed by atoms with E-state index in [9.17, 15) is 14.3 Å². The number of carbonyl (C=O) groups is 1. The van der Waals surface area contributed by atoms with E-state index in [0.29, 0.717) is 37.0 Å². The molecule has 0 atom stereocenters. The fourth-order valence-electron chi connectivity index (χ4n) is 4.13. The van der Waals surface area contributed by atoms with E-state index in [1.165, 1.54) is 12.4 Å². The Kier molecular flexibility index (Phi) is 7.29. The van der Waals surface area contributed by atoms with Crippen LogP contribution in [0.1, 0.15) is 41.4 Å². The van der Waals surface area contributed by atoms with Gasteiger partial charge in [0.2, 0.25) is 0 Å². The zero-order valence-electron chi connectivity index (χ0n) is 20.1. The number of carboxylic acid groups (broad SMARTS) is 1. The SMILES string of the molecule is CCCCOc1cc(-c2cc(NCCn3c(C)cc4c(C)cc(F)cc43)ncn2)ccc1C(=O)O. The summed E-state index contributed by atoms with van der Waals surface area (Å²) in [5, 5.41) is 13.8. The van der Waals surface area contributed by atoms with Gasteiger partial charge in [-0.15, -0.1) is 0 Å². The van der Waals surface area contributed by atoms with Crippen molar-refractivity contribution in [3.8, 4) is 17.0 Å². The van der Waals surface area contributed by atoms with Crippen LogP contribution in [0.25, 0.3) is 22.2 Å². The highest BCUT2D eigenvalue weighted by atomic mass is 19.1. The number of carboxylic acids is 1. The first kappa shape index (κ1) is 24.2. The maximum absolute atomic E-state index is 14.0. The van der Waals surface area contributed by atoms with Crippen LogP contribution in [0, 0.1) is 19.7 Å². The third kappa shape index (κ3) is 5.42. The second-order valence-corrected chi connectivity index (χ2v) is 8.53. The number of benzene rings is 2. The fourth-order valence-corrected chi connectivity index (χ4v) is 4.13. The lowest BCUT2D eigenvalue weighted by Crippen LogP contribution is -2.12. The summed E-state index contributed by atoms with van der Waals surface area (Å²) in [6, 6.07) is 12.0. The summed E-state index contributed by atoms with van der Waals surface area (Å²) in [6.07, 6.45) is 3.26. The molecular weight excluding hydrogens is 447 g/mol. The zero-order valence-corrected chi connectivity index (χ0v) is 20.1. The predicted octanol–water partition coefficient (Wildman–Crippen LogP) is 5.84. The molecule has 0 bridgehead atoms. The van der Waals surface area contributed by atoms with Gasteiger partial charge in [0.1, 0.15) is 29.3 Å². The van der Waals surface area contributed by atoms with Gasteiger partial charge in [0.25, 0.3) is 0 Å². The van der Waals surface area contributed by atoms with Gasteiger partial charge < -0.3 is 19.7 Å². The number of rotatable bonds is 10. The molecule has 0 radical (unpaired) electrons. The standard InChI is InChI=1S/C27H29FN4O3/c1-4-5-10-35-25-13-19(6-7-21(25)27(33)34)23-15-26(31-16-30-23)29-8-9-32-18(3)12-22-17(2)11-20(28)14-24(22)32/h6-7,11-16H,4-5,8-10H2,1-3H3,(H,33,34)(H,29,30,31). The molecule has 4 rings (SSSR count). The van der Waals surface area contributed by atoms with Crippen LogP contribution in [-0.4, -0.2) is 38.8 Å². The first-order chi connectivity index (χ1) is 16.9. The molecule has 7 nitrogen and oxygen atoms in total. The Morgan fingerprint density at radius 2 is 1.97 bits per heavy atom. The Labute approximate surface area is 203 Å². The molecular formula is C27H29FN4O3. The topological polar surface area (TPSA) is 89.3 Å². The third-order valence-electron chi connectivity index (χ3n) is 5.97. The number of ether oxygens (including phenoxy) is 1. The van der Waals surface area contributed by atoms with Crippen molar-refractivity contribution in [3.05, 3.63) is 71.4 Å². The number of nitrogens with zero attached hydrogens (tertiary/aromatic N) is 3. The zero-order chi connectivity index (χ0) is 24.9. The maximum atomic E-state index is 14.0. The first-order valence-electron chi connectivity index (χ1n) is 11.7. The lowest BCUT2D eigenvalue weighted by molar-refractivity contribution is 0.0692. The number of fused-ring (bicyclic) bond motifs is 1. The van der Waals surface area contributed by atoms with Crippen LogP contribution in [0.2, 0.25) is 0 Å². The summed E-state index contributed by atoms with van der Waals surface area (Å²) in [7, 11) is 0. The van der Waals surface area contributed by atoms with Crippen molar-refractivity contribution in [1.82, 2.24) is 14.5 Å². The van der Waals surface area contributed by atoms with E-state index < -0.39 is 5.97 Å². The van der Waals surface area contributed by atoms with Crippen molar-refractivity contribution in [1.29, 1.82) is 0 Å². The molecule has 8 heteroatoms. The summed E-state index contributed by atoms with van der Waals surface area (Å²) in [6.45, 7) is 7.65. The minimum Gasteiger partial charge on any atom is -0.493 e. The number of aryl methyl sites for hydroxylation is 2. The minimum atomic E-state index is -1.03. The molecule has 0 saturated heterocycles. The molecule has 0 aliphatic heterocycles. The molecule has 35 heavy (non-hydrogen) atoms. The molecule has 0 saturated carbocycles. The van der Waals surface area contributed by atoms with Crippen LogP contribution in [-0.2, 0) is 6.54 Å². The van der Waals surface area contributed by atoms with Crippen molar-refractivity contribution < 1.29 is 19.0 Å². The Morgan fingerprint density at radius 3 is 2.74 bits per heavy atom. The Bertz CT molecular complexity index is 1370. The smallest absolute Gasteiger partial charge is 0.339 e. The molecule has 0 aliphatic rings. The van der Waals surface area contributed by atoms with Crippen LogP contribution in [0.15, 0.2) is 48.8 Å². The average molecular weight is 477 g/mol. The number of aromatic carboxylic acids is 1. The lowest BCUT2D eigenvalue weighted by Gasteiger charge is -2.12. The molecule has 2 heterocycles. The summed E-state index contributed by atoms with van der Waals surface area (Å²) in [4.78, 5) is 20.2. The monoisotopic (exact) mass is 476 g/mol. The minimum absolute atomic E-state index is 0.123. The molecule has 2 N–H and O–H groups in total. The molecule has 4 aromatic rings. The number of hydrogen-bond acceptors (Lipinski definition) is 5. The molecule has 182 valence electrons. The number of hydrogen-bond donors (Lipinski definition) is 2. The third-order valence-corrected chi connectivity index (χ3v) is 5.97. The quantitative estimate of drug-likeness (QED) is 0.279. The number of nitrogens with one attached hydrogen (secondary N) is 1. The van der Waals surface area contributed by atoms with Crippen LogP contribution < -0.4 is 10.1 Å². The van der Waals surface area contributed by atoms with E-state index >= 15 is 0 Å². The van der Waals surface area contributed by atoms with Crippen molar-refractivity contribution in [3.63, 3.8) is 0 Å². The Hall–Kier alpha value is -3.94. The van der Waals surface area contributed by atoms with Crippen LogP contribution in [0.4, 0.5) is 10.2 Å². The normalized spacial score (nSPS) is 11.1. The van der Waals surface area contributed by atoms with Crippen LogP contribution >= 0.6 is 0 Å². The van der Waals surface area contributed by atoms with Gasteiger partial charge in [-0.05, 0) is 56.2 Å². The summed E-state index contributed by atoms with van der Waals surface area (Å²) >= 11 is 0. The van der Waals surface area contributed by atoms with E-state index in [-0.39, 0.29) is 11.4 Å². The summed E-state index contributed by atoms with van der Waals surface area (Å²) in [5.74, 6) is -0.304. The first-order valence-corrected chi connectivity index (χ1v) is 11.7. The van der Waals surface area contributed by atoms with Gasteiger partial charge in [-0.1, -0.05) is 19.4 Å². The van der Waals surface area contributed by atoms with Gasteiger partial charge in [-0.25, -0.2) is 19.2 Å². The van der Waals surface area contributed by atoms with Gasteiger partial charge in [-0.3, -0.25) is 0 Å². The number of aromatic nitrogens is 3. The molecule has 0 unspecified atom stereocenters. The van der Waals surface area contributed by atoms with Crippen molar-refractivity contribution >= 4 is 22.7 Å². The molecule has 0 spiro atoms. The van der Waals surface area contributed by atoms with E-state index in [1.54, 1.807) is 24.3 Å². The average Bonchev–Trinajstić information content (AvgIpc) is 3.15. The number of unbranched alkanes of at least 4 members (excludes halogenated alkanes) is 1. The molecule has 2 aromatic carbocycles. The largest absolute Gasteiger partial charge is 0.493 e. The van der Waals surface area contributed by atoms with E-state index in [0.717, 1.165) is 40.6 Å². The van der Waals surface area contributed by atoms with Crippen molar-refractivity contribution in [2.24, 2.45) is 0 Å². The maximum Gasteiger partial charge on any atom is 0.339 e.